The highest BCUT2D eigenvalue weighted by molar-refractivity contribution is 7.90. The number of piperidine rings is 2. The predicted molar refractivity (Wildman–Crippen MR) is 129 cm³/mol. The number of sulfonamides is 1. The molecule has 2 N–H and O–H groups in total. The molecule has 3 fully saturated rings. The number of anilines is 1. The molecular weight excluding hydrogens is 436 g/mol. The van der Waals surface area contributed by atoms with Gasteiger partial charge in [0, 0.05) is 36.9 Å². The van der Waals surface area contributed by atoms with Crippen LogP contribution in [-0.4, -0.2) is 67.8 Å². The summed E-state index contributed by atoms with van der Waals surface area (Å²) in [6.07, 6.45) is 10.8. The Morgan fingerprint density at radius 3 is 2.09 bits per heavy atom. The van der Waals surface area contributed by atoms with Crippen LogP contribution in [0, 0.1) is 0 Å². The van der Waals surface area contributed by atoms with Crippen molar-refractivity contribution in [3.8, 4) is 0 Å². The SMILES string of the molecule is CN1CC(N2[C@@H]3CCC[C@H]2CC(S(=O)(=O)NC(=O)Nc2c4c(cc5c2CCC5)CCC4)C3)C1. The fourth-order valence-corrected chi connectivity index (χ4v) is 8.82. The van der Waals surface area contributed by atoms with Crippen molar-refractivity contribution < 1.29 is 13.2 Å². The van der Waals surface area contributed by atoms with Gasteiger partial charge in [0.25, 0.3) is 0 Å². The number of aryl methyl sites for hydroxylation is 2. The van der Waals surface area contributed by atoms with Crippen LogP contribution in [0.2, 0.25) is 0 Å². The van der Waals surface area contributed by atoms with Gasteiger partial charge in [0.15, 0.2) is 0 Å². The number of benzene rings is 1. The van der Waals surface area contributed by atoms with E-state index >= 15 is 0 Å². The largest absolute Gasteiger partial charge is 0.332 e. The first-order valence-electron chi connectivity index (χ1n) is 12.8. The van der Waals surface area contributed by atoms with Gasteiger partial charge in [-0.25, -0.2) is 17.9 Å². The van der Waals surface area contributed by atoms with E-state index in [0.29, 0.717) is 31.0 Å². The van der Waals surface area contributed by atoms with Crippen molar-refractivity contribution in [2.45, 2.75) is 94.0 Å². The second-order valence-electron chi connectivity index (χ2n) is 11.0. The molecule has 0 aromatic heterocycles. The average Bonchev–Trinajstić information content (AvgIpc) is 3.39. The van der Waals surface area contributed by atoms with Crippen molar-refractivity contribution in [1.29, 1.82) is 0 Å². The minimum absolute atomic E-state index is 0.321. The number of likely N-dealkylation sites (tertiary alicyclic amines) is 1. The van der Waals surface area contributed by atoms with Crippen molar-refractivity contribution >= 4 is 21.7 Å². The van der Waals surface area contributed by atoms with Crippen LogP contribution in [0.4, 0.5) is 10.5 Å². The van der Waals surface area contributed by atoms with Crippen molar-refractivity contribution in [2.75, 3.05) is 25.5 Å². The molecule has 6 rings (SSSR count). The van der Waals surface area contributed by atoms with Crippen LogP contribution in [-0.2, 0) is 35.7 Å². The van der Waals surface area contributed by atoms with E-state index < -0.39 is 21.3 Å². The van der Waals surface area contributed by atoms with Gasteiger partial charge in [0.05, 0.1) is 5.25 Å². The van der Waals surface area contributed by atoms with Crippen molar-refractivity contribution in [3.05, 3.63) is 28.3 Å². The Kier molecular flexibility index (Phi) is 5.46. The number of fused-ring (bicyclic) bond motifs is 4. The molecule has 0 spiro atoms. The Morgan fingerprint density at radius 1 is 0.909 bits per heavy atom. The minimum atomic E-state index is -3.72. The van der Waals surface area contributed by atoms with Gasteiger partial charge in [0.1, 0.15) is 0 Å². The lowest BCUT2D eigenvalue weighted by molar-refractivity contribution is -0.0515. The summed E-state index contributed by atoms with van der Waals surface area (Å²) in [6, 6.07) is 2.93. The molecule has 5 aliphatic rings. The number of likely N-dealkylation sites (N-methyl/N-ethyl adjacent to an activating group) is 1. The normalized spacial score (nSPS) is 29.9. The first-order valence-corrected chi connectivity index (χ1v) is 14.4. The van der Waals surface area contributed by atoms with Crippen LogP contribution in [0.15, 0.2) is 6.07 Å². The summed E-state index contributed by atoms with van der Waals surface area (Å²) >= 11 is 0. The van der Waals surface area contributed by atoms with E-state index in [0.717, 1.165) is 70.1 Å². The molecule has 3 saturated heterocycles. The van der Waals surface area contributed by atoms with Crippen molar-refractivity contribution in [3.63, 3.8) is 0 Å². The van der Waals surface area contributed by atoms with Crippen LogP contribution in [0.3, 0.4) is 0 Å². The lowest BCUT2D eigenvalue weighted by Crippen LogP contribution is -2.67. The van der Waals surface area contributed by atoms with Crippen LogP contribution in [0.5, 0.6) is 0 Å². The zero-order valence-corrected chi connectivity index (χ0v) is 20.4. The Bertz CT molecular complexity index is 1020. The summed E-state index contributed by atoms with van der Waals surface area (Å²) in [4.78, 5) is 17.9. The monoisotopic (exact) mass is 472 g/mol. The molecular formula is C25H36N4O3S. The maximum absolute atomic E-state index is 13.3. The molecule has 3 aliphatic heterocycles. The fourth-order valence-electron chi connectivity index (χ4n) is 7.39. The summed E-state index contributed by atoms with van der Waals surface area (Å²) in [6.45, 7) is 2.16. The third-order valence-corrected chi connectivity index (χ3v) is 10.6. The van der Waals surface area contributed by atoms with E-state index in [9.17, 15) is 13.2 Å². The summed E-state index contributed by atoms with van der Waals surface area (Å²) in [5, 5.41) is 2.51. The summed E-state index contributed by atoms with van der Waals surface area (Å²) in [5.74, 6) is 0. The van der Waals surface area contributed by atoms with Gasteiger partial charge >= 0.3 is 6.03 Å². The molecule has 3 heterocycles. The highest BCUT2D eigenvalue weighted by Gasteiger charge is 2.47. The molecule has 2 aliphatic carbocycles. The summed E-state index contributed by atoms with van der Waals surface area (Å²) < 4.78 is 29.0. The molecule has 1 aromatic carbocycles. The van der Waals surface area contributed by atoms with E-state index in [1.54, 1.807) is 0 Å². The van der Waals surface area contributed by atoms with Crippen LogP contribution < -0.4 is 10.0 Å². The zero-order valence-electron chi connectivity index (χ0n) is 19.6. The number of nitrogens with zero attached hydrogens (tertiary/aromatic N) is 2. The number of rotatable bonds is 4. The van der Waals surface area contributed by atoms with Gasteiger partial charge < -0.3 is 10.2 Å². The van der Waals surface area contributed by atoms with E-state index in [4.69, 9.17) is 0 Å². The van der Waals surface area contributed by atoms with Crippen LogP contribution in [0.25, 0.3) is 0 Å². The van der Waals surface area contributed by atoms with Crippen molar-refractivity contribution in [2.24, 2.45) is 0 Å². The highest BCUT2D eigenvalue weighted by Crippen LogP contribution is 2.40. The van der Waals surface area contributed by atoms with E-state index in [1.165, 1.54) is 28.7 Å². The fraction of sp³-hybridized carbons (Fsp3) is 0.720. The maximum Gasteiger partial charge on any atom is 0.332 e. The van der Waals surface area contributed by atoms with Crippen molar-refractivity contribution in [1.82, 2.24) is 14.5 Å². The van der Waals surface area contributed by atoms with Gasteiger partial charge in [-0.15, -0.1) is 0 Å². The molecule has 7 nitrogen and oxygen atoms in total. The number of hydrogen-bond donors (Lipinski definition) is 2. The van der Waals surface area contributed by atoms with Gasteiger partial charge in [-0.2, -0.15) is 0 Å². The van der Waals surface area contributed by atoms with E-state index in [-0.39, 0.29) is 0 Å². The lowest BCUT2D eigenvalue weighted by Gasteiger charge is -2.56. The van der Waals surface area contributed by atoms with E-state index in [2.05, 4.69) is 33.0 Å². The van der Waals surface area contributed by atoms with E-state index in [1.807, 2.05) is 0 Å². The van der Waals surface area contributed by atoms with Crippen LogP contribution in [0.1, 0.15) is 67.2 Å². The Balaban J connectivity index is 1.16. The molecule has 0 saturated carbocycles. The lowest BCUT2D eigenvalue weighted by atomic mass is 9.82. The quantitative estimate of drug-likeness (QED) is 0.704. The molecule has 3 atom stereocenters. The predicted octanol–water partition coefficient (Wildman–Crippen LogP) is 2.81. The summed E-state index contributed by atoms with van der Waals surface area (Å²) in [5.41, 5.74) is 5.99. The van der Waals surface area contributed by atoms with Gasteiger partial charge in [-0.05, 0) is 93.5 Å². The molecule has 1 unspecified atom stereocenters. The molecule has 8 heteroatoms. The number of carbonyl (C=O) groups is 1. The number of nitrogens with one attached hydrogen (secondary N) is 2. The number of carbonyl (C=O) groups excluding carboxylic acids is 1. The maximum atomic E-state index is 13.3. The Labute approximate surface area is 197 Å². The molecule has 33 heavy (non-hydrogen) atoms. The second kappa shape index (κ2) is 8.24. The highest BCUT2D eigenvalue weighted by atomic mass is 32.2. The number of urea groups is 1. The third-order valence-electron chi connectivity index (χ3n) is 8.84. The Hall–Kier alpha value is -1.64. The second-order valence-corrected chi connectivity index (χ2v) is 13.0. The summed E-state index contributed by atoms with van der Waals surface area (Å²) in [7, 11) is -1.58. The standard InChI is InChI=1S/C25H36N4O3S/c1-28-14-20(15-28)29-18-7-4-8-19(29)13-21(12-18)33(31,32)27-25(30)26-24-22-9-2-5-16(22)11-17-6-3-10-23(17)24/h11,18-21H,2-10,12-15H2,1H3,(H2,26,27,30)/t18-,19+,21?. The molecule has 180 valence electrons. The number of hydrogen-bond acceptors (Lipinski definition) is 5. The Morgan fingerprint density at radius 2 is 1.52 bits per heavy atom. The van der Waals surface area contributed by atoms with Gasteiger partial charge in [0.2, 0.25) is 10.0 Å². The zero-order chi connectivity index (χ0) is 22.7. The molecule has 1 aromatic rings. The average molecular weight is 473 g/mol. The first kappa shape index (κ1) is 21.9. The molecule has 0 radical (unpaired) electrons. The number of amides is 2. The van der Waals surface area contributed by atoms with Gasteiger partial charge in [-0.3, -0.25) is 4.90 Å². The third kappa shape index (κ3) is 3.88. The smallest absolute Gasteiger partial charge is 0.307 e. The van der Waals surface area contributed by atoms with Crippen LogP contribution >= 0.6 is 0 Å². The van der Waals surface area contributed by atoms with Gasteiger partial charge in [-0.1, -0.05) is 12.5 Å². The minimum Gasteiger partial charge on any atom is -0.307 e. The topological polar surface area (TPSA) is 81.8 Å². The molecule has 2 amide bonds. The molecule has 2 bridgehead atoms. The first-order chi connectivity index (χ1) is 15.9.